The molecule has 0 spiro atoms. The van der Waals surface area contributed by atoms with E-state index in [4.69, 9.17) is 10.8 Å². The van der Waals surface area contributed by atoms with Crippen LogP contribution >= 0.6 is 0 Å². The Bertz CT molecular complexity index is 828. The van der Waals surface area contributed by atoms with E-state index in [-0.39, 0.29) is 12.3 Å². The molecule has 14 nitrogen and oxygen atoms in total. The smallest absolute Gasteiger partial charge is 0.326 e. The first-order valence-electron chi connectivity index (χ1n) is 10.2. The standard InChI is InChI=1S/C19H30N6O8/c1-9(2)15(20)18(31)24-12(5-10-6-21-8-22-10)16(29)25-13(7-26)17(30)23-11(19(32)33)3-4-14(27)28/h6,8-9,11-13,15,26H,3-5,7,20H2,1-2H3,(H,21,22)(H,23,30)(H,24,31)(H,25,29)(H,27,28)(H,32,33). The number of nitrogens with two attached hydrogens (primary N) is 1. The van der Waals surface area contributed by atoms with Crippen molar-refractivity contribution in [2.75, 3.05) is 6.61 Å². The van der Waals surface area contributed by atoms with Gasteiger partial charge in [0.15, 0.2) is 0 Å². The van der Waals surface area contributed by atoms with E-state index >= 15 is 0 Å². The van der Waals surface area contributed by atoms with Crippen molar-refractivity contribution in [3.63, 3.8) is 0 Å². The predicted octanol–water partition coefficient (Wildman–Crippen LogP) is -2.67. The van der Waals surface area contributed by atoms with Gasteiger partial charge in [0.25, 0.3) is 0 Å². The molecule has 14 heteroatoms. The van der Waals surface area contributed by atoms with E-state index in [9.17, 15) is 34.2 Å². The Balaban J connectivity index is 2.92. The molecule has 1 rings (SSSR count). The first-order valence-corrected chi connectivity index (χ1v) is 10.2. The Morgan fingerprint density at radius 3 is 2.06 bits per heavy atom. The van der Waals surface area contributed by atoms with Crippen LogP contribution in [-0.4, -0.2) is 85.7 Å². The maximum Gasteiger partial charge on any atom is 0.326 e. The summed E-state index contributed by atoms with van der Waals surface area (Å²) in [4.78, 5) is 66.2. The molecule has 1 aromatic heterocycles. The van der Waals surface area contributed by atoms with Crippen LogP contribution in [0.2, 0.25) is 0 Å². The van der Waals surface area contributed by atoms with Crippen LogP contribution in [0.25, 0.3) is 0 Å². The second kappa shape index (κ2) is 13.1. The van der Waals surface area contributed by atoms with Crippen LogP contribution in [0.4, 0.5) is 0 Å². The van der Waals surface area contributed by atoms with Gasteiger partial charge in [0.2, 0.25) is 17.7 Å². The molecule has 4 unspecified atom stereocenters. The summed E-state index contributed by atoms with van der Waals surface area (Å²) in [7, 11) is 0. The molecule has 0 fully saturated rings. The van der Waals surface area contributed by atoms with Crippen molar-refractivity contribution in [2.24, 2.45) is 11.7 Å². The zero-order valence-corrected chi connectivity index (χ0v) is 18.3. The summed E-state index contributed by atoms with van der Waals surface area (Å²) in [6.07, 6.45) is 1.87. The van der Waals surface area contributed by atoms with Gasteiger partial charge in [0.1, 0.15) is 18.1 Å². The van der Waals surface area contributed by atoms with Gasteiger partial charge in [-0.2, -0.15) is 0 Å². The topological polar surface area (TPSA) is 237 Å². The highest BCUT2D eigenvalue weighted by Gasteiger charge is 2.31. The van der Waals surface area contributed by atoms with Crippen LogP contribution in [0.1, 0.15) is 32.4 Å². The summed E-state index contributed by atoms with van der Waals surface area (Å²) in [6, 6.07) is -5.18. The highest BCUT2D eigenvalue weighted by atomic mass is 16.4. The molecule has 33 heavy (non-hydrogen) atoms. The number of aliphatic hydroxyl groups excluding tert-OH is 1. The van der Waals surface area contributed by atoms with Crippen LogP contribution in [0.3, 0.4) is 0 Å². The molecule has 0 radical (unpaired) electrons. The number of rotatable bonds is 14. The van der Waals surface area contributed by atoms with Gasteiger partial charge in [-0.1, -0.05) is 13.8 Å². The van der Waals surface area contributed by atoms with Gasteiger partial charge in [0.05, 0.1) is 19.0 Å². The fraction of sp³-hybridized carbons (Fsp3) is 0.579. The lowest BCUT2D eigenvalue weighted by Crippen LogP contribution is -2.59. The molecule has 0 saturated carbocycles. The maximum absolute atomic E-state index is 12.8. The molecule has 0 aliphatic carbocycles. The van der Waals surface area contributed by atoms with Crippen molar-refractivity contribution in [3.8, 4) is 0 Å². The average molecular weight is 470 g/mol. The molecule has 0 aliphatic rings. The fourth-order valence-electron chi connectivity index (χ4n) is 2.66. The number of nitrogens with one attached hydrogen (secondary N) is 4. The highest BCUT2D eigenvalue weighted by Crippen LogP contribution is 2.04. The van der Waals surface area contributed by atoms with E-state index in [1.165, 1.54) is 12.5 Å². The van der Waals surface area contributed by atoms with Crippen LogP contribution in [0.5, 0.6) is 0 Å². The van der Waals surface area contributed by atoms with Gasteiger partial charge in [-0.15, -0.1) is 0 Å². The number of carboxylic acid groups (broad SMARTS) is 2. The molecule has 184 valence electrons. The minimum absolute atomic E-state index is 0.0292. The van der Waals surface area contributed by atoms with E-state index in [2.05, 4.69) is 25.9 Å². The second-order valence-electron chi connectivity index (χ2n) is 7.69. The quantitative estimate of drug-likeness (QED) is 0.140. The minimum atomic E-state index is -1.55. The number of aromatic nitrogens is 2. The Kier molecular flexibility index (Phi) is 10.9. The van der Waals surface area contributed by atoms with Gasteiger partial charge < -0.3 is 42.0 Å². The molecule has 1 aromatic rings. The number of carbonyl (C=O) groups excluding carboxylic acids is 3. The summed E-state index contributed by atoms with van der Waals surface area (Å²) in [5.74, 6) is -5.40. The van der Waals surface area contributed by atoms with Crippen molar-refractivity contribution in [1.29, 1.82) is 0 Å². The van der Waals surface area contributed by atoms with E-state index in [1.54, 1.807) is 13.8 Å². The lowest BCUT2D eigenvalue weighted by atomic mass is 10.0. The Morgan fingerprint density at radius 2 is 1.58 bits per heavy atom. The summed E-state index contributed by atoms with van der Waals surface area (Å²) in [5, 5.41) is 34.3. The van der Waals surface area contributed by atoms with Crippen molar-refractivity contribution in [1.82, 2.24) is 25.9 Å². The van der Waals surface area contributed by atoms with E-state index < -0.39 is 73.3 Å². The third kappa shape index (κ3) is 9.24. The average Bonchev–Trinajstić information content (AvgIpc) is 3.26. The molecular formula is C19H30N6O8. The monoisotopic (exact) mass is 470 g/mol. The molecule has 9 N–H and O–H groups in total. The zero-order valence-electron chi connectivity index (χ0n) is 18.3. The van der Waals surface area contributed by atoms with E-state index in [0.29, 0.717) is 5.69 Å². The number of aliphatic hydroxyl groups is 1. The van der Waals surface area contributed by atoms with Crippen molar-refractivity contribution >= 4 is 29.7 Å². The van der Waals surface area contributed by atoms with Crippen LogP contribution in [-0.2, 0) is 30.4 Å². The third-order valence-electron chi connectivity index (χ3n) is 4.71. The normalized spacial score (nSPS) is 14.6. The molecule has 0 aliphatic heterocycles. The number of amides is 3. The van der Waals surface area contributed by atoms with E-state index in [1.807, 2.05) is 0 Å². The fourth-order valence-corrected chi connectivity index (χ4v) is 2.66. The number of nitrogens with zero attached hydrogens (tertiary/aromatic N) is 1. The Morgan fingerprint density at radius 1 is 1.00 bits per heavy atom. The Labute approximate surface area is 189 Å². The SMILES string of the molecule is CC(C)C(N)C(=O)NC(Cc1cnc[nH]1)C(=O)NC(CO)C(=O)NC(CCC(=O)O)C(=O)O. The number of imidazole rings is 1. The lowest BCUT2D eigenvalue weighted by Gasteiger charge is -2.24. The van der Waals surface area contributed by atoms with Crippen LogP contribution < -0.4 is 21.7 Å². The number of aliphatic carboxylic acids is 2. The van der Waals surface area contributed by atoms with Gasteiger partial charge >= 0.3 is 11.9 Å². The highest BCUT2D eigenvalue weighted by molar-refractivity contribution is 5.94. The third-order valence-corrected chi connectivity index (χ3v) is 4.71. The van der Waals surface area contributed by atoms with Gasteiger partial charge in [-0.05, 0) is 12.3 Å². The molecule has 3 amide bonds. The van der Waals surface area contributed by atoms with Crippen molar-refractivity contribution in [2.45, 2.75) is 57.3 Å². The first-order chi connectivity index (χ1) is 15.5. The zero-order chi connectivity index (χ0) is 25.1. The number of hydrogen-bond donors (Lipinski definition) is 8. The van der Waals surface area contributed by atoms with E-state index in [0.717, 1.165) is 0 Å². The first kappa shape index (κ1) is 27.5. The largest absolute Gasteiger partial charge is 0.481 e. The molecular weight excluding hydrogens is 440 g/mol. The van der Waals surface area contributed by atoms with Crippen LogP contribution in [0, 0.1) is 5.92 Å². The van der Waals surface area contributed by atoms with Crippen LogP contribution in [0.15, 0.2) is 12.5 Å². The number of hydrogen-bond acceptors (Lipinski definition) is 8. The number of carboxylic acids is 2. The van der Waals surface area contributed by atoms with Gasteiger partial charge in [-0.3, -0.25) is 19.2 Å². The molecule has 4 atom stereocenters. The van der Waals surface area contributed by atoms with Gasteiger partial charge in [0, 0.05) is 24.7 Å². The molecule has 0 aromatic carbocycles. The summed E-state index contributed by atoms with van der Waals surface area (Å²) >= 11 is 0. The lowest BCUT2D eigenvalue weighted by molar-refractivity contribution is -0.143. The van der Waals surface area contributed by atoms with Gasteiger partial charge in [-0.25, -0.2) is 9.78 Å². The van der Waals surface area contributed by atoms with Crippen molar-refractivity contribution in [3.05, 3.63) is 18.2 Å². The summed E-state index contributed by atoms with van der Waals surface area (Å²) in [5.41, 5.74) is 6.32. The molecule has 1 heterocycles. The predicted molar refractivity (Wildman–Crippen MR) is 112 cm³/mol. The molecule has 0 saturated heterocycles. The summed E-state index contributed by atoms with van der Waals surface area (Å²) in [6.45, 7) is 2.58. The summed E-state index contributed by atoms with van der Waals surface area (Å²) < 4.78 is 0. The second-order valence-corrected chi connectivity index (χ2v) is 7.69. The molecule has 0 bridgehead atoms. The maximum atomic E-state index is 12.8. The number of carbonyl (C=O) groups is 5. The number of H-pyrrole nitrogens is 1. The van der Waals surface area contributed by atoms with Crippen molar-refractivity contribution < 1.29 is 39.3 Å². The minimum Gasteiger partial charge on any atom is -0.481 e. The Hall–Kier alpha value is -3.52. The number of aromatic amines is 1.